The molecule has 0 aromatic carbocycles. The molecule has 0 aliphatic heterocycles. The van der Waals surface area contributed by atoms with Gasteiger partial charge in [0.25, 0.3) is 5.91 Å². The van der Waals surface area contributed by atoms with Gasteiger partial charge in [0.05, 0.1) is 5.57 Å². The number of rotatable bonds is 5. The summed E-state index contributed by atoms with van der Waals surface area (Å²) >= 11 is 0. The third-order valence-electron chi connectivity index (χ3n) is 1.74. The van der Waals surface area contributed by atoms with Crippen LogP contribution in [0.1, 0.15) is 26.7 Å². The lowest BCUT2D eigenvalue weighted by Gasteiger charge is -2.05. The van der Waals surface area contributed by atoms with E-state index < -0.39 is 0 Å². The Hall–Kier alpha value is -1.32. The van der Waals surface area contributed by atoms with E-state index in [4.69, 9.17) is 5.73 Å². The number of amides is 1. The lowest BCUT2D eigenvalue weighted by Crippen LogP contribution is -2.28. The van der Waals surface area contributed by atoms with Crippen LogP contribution in [0, 0.1) is 0 Å². The molecule has 4 heteroatoms. The molecule has 0 aliphatic rings. The van der Waals surface area contributed by atoms with Gasteiger partial charge in [-0.3, -0.25) is 9.79 Å². The van der Waals surface area contributed by atoms with Crippen molar-refractivity contribution in [2.45, 2.75) is 26.7 Å². The largest absolute Gasteiger partial charge is 0.402 e. The van der Waals surface area contributed by atoms with Crippen LogP contribution in [0.4, 0.5) is 0 Å². The lowest BCUT2D eigenvalue weighted by atomic mass is 10.2. The number of unbranched alkanes of at least 4 members (excludes halogenated alkanes) is 1. The van der Waals surface area contributed by atoms with E-state index in [2.05, 4.69) is 17.2 Å². The maximum absolute atomic E-state index is 11.5. The van der Waals surface area contributed by atoms with Gasteiger partial charge >= 0.3 is 0 Å². The number of nitrogens with one attached hydrogen (secondary N) is 1. The average molecular weight is 197 g/mol. The Kier molecular flexibility index (Phi) is 6.45. The monoisotopic (exact) mass is 197 g/mol. The van der Waals surface area contributed by atoms with Gasteiger partial charge in [0.15, 0.2) is 0 Å². The highest BCUT2D eigenvalue weighted by Crippen LogP contribution is 1.96. The third-order valence-corrected chi connectivity index (χ3v) is 1.74. The summed E-state index contributed by atoms with van der Waals surface area (Å²) in [6, 6.07) is 0. The Morgan fingerprint density at radius 2 is 2.21 bits per heavy atom. The van der Waals surface area contributed by atoms with Crippen molar-refractivity contribution in [1.29, 1.82) is 0 Å². The van der Waals surface area contributed by atoms with Crippen molar-refractivity contribution in [3.8, 4) is 0 Å². The molecule has 0 bridgehead atoms. The minimum Gasteiger partial charge on any atom is -0.402 e. The fourth-order valence-electron chi connectivity index (χ4n) is 0.943. The number of aliphatic imine (C=N–C) groups is 1. The Labute approximate surface area is 85.3 Å². The van der Waals surface area contributed by atoms with E-state index in [1.165, 1.54) is 6.21 Å². The van der Waals surface area contributed by atoms with Gasteiger partial charge in [-0.05, 0) is 13.3 Å². The van der Waals surface area contributed by atoms with Crippen molar-refractivity contribution in [1.82, 2.24) is 5.32 Å². The standard InChI is InChI=1S/C10H19N3O/c1-4-5-6-13-10(14)9(7-12-3)8(2)11/h7H,4-6,11H2,1-3H3,(H,13,14)/b9-8+,12-7?. The third kappa shape index (κ3) is 4.64. The first-order valence-electron chi connectivity index (χ1n) is 4.80. The molecule has 0 aliphatic carbocycles. The van der Waals surface area contributed by atoms with E-state index >= 15 is 0 Å². The summed E-state index contributed by atoms with van der Waals surface area (Å²) in [6.07, 6.45) is 3.52. The molecule has 80 valence electrons. The Balaban J connectivity index is 4.26. The van der Waals surface area contributed by atoms with Gasteiger partial charge in [0.1, 0.15) is 0 Å². The topological polar surface area (TPSA) is 67.5 Å². The van der Waals surface area contributed by atoms with Crippen molar-refractivity contribution in [2.75, 3.05) is 13.6 Å². The minimum atomic E-state index is -0.149. The molecular formula is C10H19N3O. The van der Waals surface area contributed by atoms with Crippen molar-refractivity contribution in [3.05, 3.63) is 11.3 Å². The zero-order valence-corrected chi connectivity index (χ0v) is 9.13. The van der Waals surface area contributed by atoms with Crippen LogP contribution in [0.15, 0.2) is 16.3 Å². The van der Waals surface area contributed by atoms with E-state index in [1.54, 1.807) is 14.0 Å². The maximum Gasteiger partial charge on any atom is 0.254 e. The Morgan fingerprint density at radius 1 is 1.57 bits per heavy atom. The first kappa shape index (κ1) is 12.7. The van der Waals surface area contributed by atoms with Gasteiger partial charge in [0, 0.05) is 25.5 Å². The number of allylic oxidation sites excluding steroid dienone is 1. The summed E-state index contributed by atoms with van der Waals surface area (Å²) in [7, 11) is 1.61. The molecule has 0 rings (SSSR count). The van der Waals surface area contributed by atoms with Gasteiger partial charge in [-0.2, -0.15) is 0 Å². The van der Waals surface area contributed by atoms with Gasteiger partial charge in [-0.1, -0.05) is 13.3 Å². The molecule has 0 saturated carbocycles. The van der Waals surface area contributed by atoms with E-state index in [0.29, 0.717) is 17.8 Å². The zero-order valence-electron chi connectivity index (χ0n) is 9.13. The molecule has 0 aromatic rings. The van der Waals surface area contributed by atoms with Crippen LogP contribution in [-0.2, 0) is 4.79 Å². The predicted molar refractivity (Wildman–Crippen MR) is 59.2 cm³/mol. The normalized spacial score (nSPS) is 12.8. The highest BCUT2D eigenvalue weighted by Gasteiger charge is 2.07. The predicted octanol–water partition coefficient (Wildman–Crippen LogP) is 0.836. The molecule has 3 N–H and O–H groups in total. The van der Waals surface area contributed by atoms with E-state index in [0.717, 1.165) is 12.8 Å². The molecule has 14 heavy (non-hydrogen) atoms. The molecule has 0 fully saturated rings. The molecule has 0 spiro atoms. The molecular weight excluding hydrogens is 178 g/mol. The van der Waals surface area contributed by atoms with Gasteiger partial charge < -0.3 is 11.1 Å². The van der Waals surface area contributed by atoms with Crippen LogP contribution >= 0.6 is 0 Å². The SMILES string of the molecule is CCCCNC(=O)/C(C=NC)=C(\C)N. The second kappa shape index (κ2) is 7.12. The summed E-state index contributed by atoms with van der Waals surface area (Å²) in [6.45, 7) is 4.45. The van der Waals surface area contributed by atoms with Crippen LogP contribution in [0.25, 0.3) is 0 Å². The molecule has 0 aromatic heterocycles. The molecule has 0 radical (unpaired) electrons. The maximum atomic E-state index is 11.5. The van der Waals surface area contributed by atoms with E-state index in [1.807, 2.05) is 0 Å². The number of nitrogens with two attached hydrogens (primary N) is 1. The molecule has 0 unspecified atom stereocenters. The van der Waals surface area contributed by atoms with Crippen LogP contribution in [0.2, 0.25) is 0 Å². The van der Waals surface area contributed by atoms with Gasteiger partial charge in [0.2, 0.25) is 0 Å². The second-order valence-electron chi connectivity index (χ2n) is 3.09. The number of nitrogens with zero attached hydrogens (tertiary/aromatic N) is 1. The van der Waals surface area contributed by atoms with Gasteiger partial charge in [-0.25, -0.2) is 0 Å². The fourth-order valence-corrected chi connectivity index (χ4v) is 0.943. The number of hydrogen-bond acceptors (Lipinski definition) is 3. The average Bonchev–Trinajstić information content (AvgIpc) is 2.13. The highest BCUT2D eigenvalue weighted by atomic mass is 16.1. The van der Waals surface area contributed by atoms with Crippen molar-refractivity contribution >= 4 is 12.1 Å². The summed E-state index contributed by atoms with van der Waals surface area (Å²) < 4.78 is 0. The van der Waals surface area contributed by atoms with Gasteiger partial charge in [-0.15, -0.1) is 0 Å². The van der Waals surface area contributed by atoms with Crippen LogP contribution in [0.5, 0.6) is 0 Å². The Bertz CT molecular complexity index is 240. The highest BCUT2D eigenvalue weighted by molar-refractivity contribution is 6.12. The van der Waals surface area contributed by atoms with E-state index in [-0.39, 0.29) is 5.91 Å². The van der Waals surface area contributed by atoms with Crippen LogP contribution in [-0.4, -0.2) is 25.7 Å². The Morgan fingerprint density at radius 3 is 2.64 bits per heavy atom. The van der Waals surface area contributed by atoms with Crippen LogP contribution < -0.4 is 11.1 Å². The quantitative estimate of drug-likeness (QED) is 0.389. The molecule has 4 nitrogen and oxygen atoms in total. The lowest BCUT2D eigenvalue weighted by molar-refractivity contribution is -0.117. The van der Waals surface area contributed by atoms with Crippen LogP contribution in [0.3, 0.4) is 0 Å². The summed E-state index contributed by atoms with van der Waals surface area (Å²) in [5.41, 5.74) is 6.49. The first-order valence-corrected chi connectivity index (χ1v) is 4.80. The van der Waals surface area contributed by atoms with Crippen molar-refractivity contribution < 1.29 is 4.79 Å². The van der Waals surface area contributed by atoms with Crippen molar-refractivity contribution in [3.63, 3.8) is 0 Å². The summed E-state index contributed by atoms with van der Waals surface area (Å²) in [4.78, 5) is 15.3. The molecule has 1 amide bonds. The number of hydrogen-bond donors (Lipinski definition) is 2. The summed E-state index contributed by atoms with van der Waals surface area (Å²) in [5.74, 6) is -0.149. The zero-order chi connectivity index (χ0) is 11.0. The van der Waals surface area contributed by atoms with E-state index in [9.17, 15) is 4.79 Å². The molecule has 0 saturated heterocycles. The minimum absolute atomic E-state index is 0.149. The van der Waals surface area contributed by atoms with Crippen molar-refractivity contribution in [2.24, 2.45) is 10.7 Å². The summed E-state index contributed by atoms with van der Waals surface area (Å²) in [5, 5.41) is 2.78. The fraction of sp³-hybridized carbons (Fsp3) is 0.600. The first-order chi connectivity index (χ1) is 6.63. The molecule has 0 heterocycles. The smallest absolute Gasteiger partial charge is 0.254 e. The number of carbonyl (C=O) groups is 1. The molecule has 0 atom stereocenters. The number of carbonyl (C=O) groups excluding carboxylic acids is 1. The second-order valence-corrected chi connectivity index (χ2v) is 3.09.